The monoisotopic (exact) mass is 287 g/mol. The molecule has 0 saturated carbocycles. The number of aromatic nitrogens is 2. The van der Waals surface area contributed by atoms with Gasteiger partial charge in [-0.2, -0.15) is 5.10 Å². The fourth-order valence-electron chi connectivity index (χ4n) is 1.76. The standard InChI is InChI=1S/C12H22BrN3/c1-5-6-16-12(10(13)7-15-16)11(14)9(4)8(2)3/h7-9,11H,5-6,14H2,1-4H3. The maximum atomic E-state index is 6.32. The summed E-state index contributed by atoms with van der Waals surface area (Å²) in [4.78, 5) is 0. The van der Waals surface area contributed by atoms with Crippen molar-refractivity contribution in [3.05, 3.63) is 16.4 Å². The Morgan fingerprint density at radius 2 is 2.06 bits per heavy atom. The third kappa shape index (κ3) is 2.86. The Morgan fingerprint density at radius 3 is 2.56 bits per heavy atom. The lowest BCUT2D eigenvalue weighted by atomic mass is 9.89. The van der Waals surface area contributed by atoms with Gasteiger partial charge < -0.3 is 5.73 Å². The van der Waals surface area contributed by atoms with E-state index in [1.165, 1.54) is 0 Å². The molecule has 0 saturated heterocycles. The minimum absolute atomic E-state index is 0.0448. The van der Waals surface area contributed by atoms with E-state index in [0.29, 0.717) is 11.8 Å². The molecule has 1 aromatic heterocycles. The Bertz CT molecular complexity index is 333. The Hall–Kier alpha value is -0.350. The van der Waals surface area contributed by atoms with Crippen LogP contribution in [-0.2, 0) is 6.54 Å². The molecule has 0 bridgehead atoms. The van der Waals surface area contributed by atoms with Gasteiger partial charge in [0.1, 0.15) is 0 Å². The van der Waals surface area contributed by atoms with Gasteiger partial charge in [-0.15, -0.1) is 0 Å². The van der Waals surface area contributed by atoms with Crippen molar-refractivity contribution >= 4 is 15.9 Å². The normalized spacial score (nSPS) is 15.4. The van der Waals surface area contributed by atoms with Crippen LogP contribution in [0, 0.1) is 11.8 Å². The Kier molecular flexibility index (Phi) is 4.99. The fourth-order valence-corrected chi connectivity index (χ4v) is 2.32. The van der Waals surface area contributed by atoms with Crippen molar-refractivity contribution < 1.29 is 0 Å². The second kappa shape index (κ2) is 5.82. The van der Waals surface area contributed by atoms with Crippen LogP contribution in [0.5, 0.6) is 0 Å². The molecule has 3 nitrogen and oxygen atoms in total. The highest BCUT2D eigenvalue weighted by atomic mass is 79.9. The van der Waals surface area contributed by atoms with E-state index >= 15 is 0 Å². The number of nitrogens with two attached hydrogens (primary N) is 1. The molecule has 0 aliphatic carbocycles. The number of halogens is 1. The highest BCUT2D eigenvalue weighted by Gasteiger charge is 2.23. The number of nitrogens with zero attached hydrogens (tertiary/aromatic N) is 2. The van der Waals surface area contributed by atoms with Crippen molar-refractivity contribution in [3.8, 4) is 0 Å². The predicted octanol–water partition coefficient (Wildman–Crippen LogP) is 3.35. The predicted molar refractivity (Wildman–Crippen MR) is 71.1 cm³/mol. The lowest BCUT2D eigenvalue weighted by Gasteiger charge is -2.24. The van der Waals surface area contributed by atoms with Crippen molar-refractivity contribution in [2.24, 2.45) is 17.6 Å². The van der Waals surface area contributed by atoms with Gasteiger partial charge in [-0.25, -0.2) is 0 Å². The molecule has 2 N–H and O–H groups in total. The van der Waals surface area contributed by atoms with Gasteiger partial charge in [0.15, 0.2) is 0 Å². The number of aryl methyl sites for hydroxylation is 1. The molecule has 16 heavy (non-hydrogen) atoms. The molecular formula is C12H22BrN3. The number of hydrogen-bond donors (Lipinski definition) is 1. The van der Waals surface area contributed by atoms with Crippen LogP contribution in [-0.4, -0.2) is 9.78 Å². The van der Waals surface area contributed by atoms with Crippen LogP contribution < -0.4 is 5.73 Å². The van der Waals surface area contributed by atoms with E-state index in [1.54, 1.807) is 0 Å². The second-order valence-electron chi connectivity index (χ2n) is 4.73. The summed E-state index contributed by atoms with van der Waals surface area (Å²) in [6.07, 6.45) is 2.92. The Morgan fingerprint density at radius 1 is 1.44 bits per heavy atom. The van der Waals surface area contributed by atoms with Gasteiger partial charge in [-0.05, 0) is 34.2 Å². The van der Waals surface area contributed by atoms with Gasteiger partial charge in [0, 0.05) is 6.54 Å². The van der Waals surface area contributed by atoms with Gasteiger partial charge in [0.25, 0.3) is 0 Å². The van der Waals surface area contributed by atoms with E-state index in [4.69, 9.17) is 5.73 Å². The molecule has 2 unspecified atom stereocenters. The van der Waals surface area contributed by atoms with Crippen LogP contribution in [0.1, 0.15) is 45.9 Å². The third-order valence-corrected chi connectivity index (χ3v) is 3.81. The lowest BCUT2D eigenvalue weighted by Crippen LogP contribution is -2.26. The lowest BCUT2D eigenvalue weighted by molar-refractivity contribution is 0.335. The molecule has 92 valence electrons. The first-order valence-electron chi connectivity index (χ1n) is 5.95. The van der Waals surface area contributed by atoms with Crippen LogP contribution in [0.25, 0.3) is 0 Å². The van der Waals surface area contributed by atoms with E-state index < -0.39 is 0 Å². The highest BCUT2D eigenvalue weighted by molar-refractivity contribution is 9.10. The van der Waals surface area contributed by atoms with E-state index in [-0.39, 0.29) is 6.04 Å². The van der Waals surface area contributed by atoms with E-state index in [0.717, 1.165) is 23.1 Å². The minimum atomic E-state index is 0.0448. The van der Waals surface area contributed by atoms with Crippen LogP contribution in [0.2, 0.25) is 0 Å². The summed E-state index contributed by atoms with van der Waals surface area (Å²) in [6.45, 7) is 9.69. The molecule has 0 aliphatic rings. The quantitative estimate of drug-likeness (QED) is 0.903. The maximum Gasteiger partial charge on any atom is 0.0696 e. The minimum Gasteiger partial charge on any atom is -0.322 e. The first-order valence-corrected chi connectivity index (χ1v) is 6.75. The molecule has 1 heterocycles. The fraction of sp³-hybridized carbons (Fsp3) is 0.750. The van der Waals surface area contributed by atoms with Crippen LogP contribution >= 0.6 is 15.9 Å². The second-order valence-corrected chi connectivity index (χ2v) is 5.58. The summed E-state index contributed by atoms with van der Waals surface area (Å²) >= 11 is 3.54. The summed E-state index contributed by atoms with van der Waals surface area (Å²) in [7, 11) is 0. The largest absolute Gasteiger partial charge is 0.322 e. The van der Waals surface area contributed by atoms with Gasteiger partial charge in [-0.1, -0.05) is 27.7 Å². The summed E-state index contributed by atoms with van der Waals surface area (Å²) < 4.78 is 3.05. The topological polar surface area (TPSA) is 43.8 Å². The summed E-state index contributed by atoms with van der Waals surface area (Å²) in [5, 5.41) is 4.36. The number of hydrogen-bond acceptors (Lipinski definition) is 2. The first kappa shape index (κ1) is 13.7. The molecule has 0 aliphatic heterocycles. The molecule has 0 spiro atoms. The highest BCUT2D eigenvalue weighted by Crippen LogP contribution is 2.30. The number of rotatable bonds is 5. The smallest absolute Gasteiger partial charge is 0.0696 e. The molecule has 4 heteroatoms. The van der Waals surface area contributed by atoms with Crippen molar-refractivity contribution in [1.82, 2.24) is 9.78 Å². The van der Waals surface area contributed by atoms with Gasteiger partial charge >= 0.3 is 0 Å². The Labute approximate surface area is 107 Å². The van der Waals surface area contributed by atoms with E-state index in [2.05, 4.69) is 48.7 Å². The third-order valence-electron chi connectivity index (χ3n) is 3.20. The molecule has 2 atom stereocenters. The van der Waals surface area contributed by atoms with Gasteiger partial charge in [-0.3, -0.25) is 4.68 Å². The van der Waals surface area contributed by atoms with Crippen molar-refractivity contribution in [2.75, 3.05) is 0 Å². The first-order chi connectivity index (χ1) is 7.49. The van der Waals surface area contributed by atoms with Crippen molar-refractivity contribution in [2.45, 2.75) is 46.7 Å². The van der Waals surface area contributed by atoms with Crippen LogP contribution in [0.3, 0.4) is 0 Å². The molecule has 0 amide bonds. The van der Waals surface area contributed by atoms with E-state index in [1.807, 2.05) is 10.9 Å². The van der Waals surface area contributed by atoms with Crippen molar-refractivity contribution in [3.63, 3.8) is 0 Å². The zero-order chi connectivity index (χ0) is 12.3. The maximum absolute atomic E-state index is 6.32. The van der Waals surface area contributed by atoms with Gasteiger partial charge in [0.05, 0.1) is 22.4 Å². The SMILES string of the molecule is CCCn1ncc(Br)c1C(N)C(C)C(C)C. The van der Waals surface area contributed by atoms with Crippen LogP contribution in [0.15, 0.2) is 10.7 Å². The average molecular weight is 288 g/mol. The van der Waals surface area contributed by atoms with E-state index in [9.17, 15) is 0 Å². The molecular weight excluding hydrogens is 266 g/mol. The van der Waals surface area contributed by atoms with Crippen molar-refractivity contribution in [1.29, 1.82) is 0 Å². The summed E-state index contributed by atoms with van der Waals surface area (Å²) in [5.41, 5.74) is 7.45. The average Bonchev–Trinajstić information content (AvgIpc) is 2.58. The van der Waals surface area contributed by atoms with Crippen LogP contribution in [0.4, 0.5) is 0 Å². The zero-order valence-electron chi connectivity index (χ0n) is 10.6. The molecule has 0 aromatic carbocycles. The summed E-state index contributed by atoms with van der Waals surface area (Å²) in [6, 6.07) is 0.0448. The molecule has 0 radical (unpaired) electrons. The van der Waals surface area contributed by atoms with Gasteiger partial charge in [0.2, 0.25) is 0 Å². The Balaban J connectivity index is 2.96. The summed E-state index contributed by atoms with van der Waals surface area (Å²) in [5.74, 6) is 1.02. The molecule has 1 rings (SSSR count). The molecule has 0 fully saturated rings. The zero-order valence-corrected chi connectivity index (χ0v) is 12.2. The molecule has 1 aromatic rings.